The van der Waals surface area contributed by atoms with Gasteiger partial charge in [0.25, 0.3) is 0 Å². The van der Waals surface area contributed by atoms with Crippen LogP contribution >= 0.6 is 22.9 Å². The van der Waals surface area contributed by atoms with Crippen molar-refractivity contribution in [3.63, 3.8) is 0 Å². The van der Waals surface area contributed by atoms with E-state index in [1.165, 1.54) is 9.88 Å². The Labute approximate surface area is 152 Å². The van der Waals surface area contributed by atoms with E-state index in [0.29, 0.717) is 11.4 Å². The van der Waals surface area contributed by atoms with Crippen LogP contribution in [0.15, 0.2) is 24.3 Å². The van der Waals surface area contributed by atoms with Crippen LogP contribution in [0, 0.1) is 13.8 Å². The molecule has 0 saturated carbocycles. The first-order valence-corrected chi connectivity index (χ1v) is 9.38. The summed E-state index contributed by atoms with van der Waals surface area (Å²) in [6.45, 7) is 8.45. The van der Waals surface area contributed by atoms with E-state index in [4.69, 9.17) is 11.6 Å². The van der Waals surface area contributed by atoms with Gasteiger partial charge < -0.3 is 4.90 Å². The number of aryl methyl sites for hydroxylation is 2. The summed E-state index contributed by atoms with van der Waals surface area (Å²) in [5, 5.41) is 1.87. The van der Waals surface area contributed by atoms with Gasteiger partial charge >= 0.3 is 0 Å². The quantitative estimate of drug-likeness (QED) is 0.836. The molecule has 24 heavy (non-hydrogen) atoms. The molecule has 3 rings (SSSR count). The molecule has 6 heteroatoms. The number of piperazine rings is 1. The fourth-order valence-corrected chi connectivity index (χ4v) is 3.94. The highest BCUT2D eigenvalue weighted by atomic mass is 35.5. The largest absolute Gasteiger partial charge is 0.340 e. The topological polar surface area (TPSA) is 36.4 Å². The Balaban J connectivity index is 1.49. The fraction of sp³-hybridized carbons (Fsp3) is 0.444. The van der Waals surface area contributed by atoms with Gasteiger partial charge in [0.2, 0.25) is 5.91 Å². The molecule has 0 spiro atoms. The molecule has 1 aromatic heterocycles. The normalized spacial score (nSPS) is 15.7. The maximum Gasteiger partial charge on any atom is 0.227 e. The first-order valence-electron chi connectivity index (χ1n) is 8.19. The molecule has 4 nitrogen and oxygen atoms in total. The third-order valence-corrected chi connectivity index (χ3v) is 5.73. The number of hydrogen-bond donors (Lipinski definition) is 0. The van der Waals surface area contributed by atoms with Gasteiger partial charge in [-0.1, -0.05) is 23.7 Å². The number of aromatic nitrogens is 1. The molecule has 128 valence electrons. The van der Waals surface area contributed by atoms with Crippen molar-refractivity contribution >= 4 is 28.8 Å². The molecule has 1 aliphatic heterocycles. The van der Waals surface area contributed by atoms with Crippen molar-refractivity contribution in [1.82, 2.24) is 14.8 Å². The lowest BCUT2D eigenvalue weighted by Gasteiger charge is -2.34. The van der Waals surface area contributed by atoms with Crippen LogP contribution in [0.4, 0.5) is 0 Å². The van der Waals surface area contributed by atoms with E-state index in [0.717, 1.165) is 44.0 Å². The van der Waals surface area contributed by atoms with Gasteiger partial charge in [0.1, 0.15) is 5.01 Å². The van der Waals surface area contributed by atoms with Crippen molar-refractivity contribution in [3.05, 3.63) is 50.4 Å². The third-order valence-electron chi connectivity index (χ3n) is 4.43. The number of amides is 1. The van der Waals surface area contributed by atoms with E-state index in [-0.39, 0.29) is 5.91 Å². The molecule has 0 radical (unpaired) electrons. The van der Waals surface area contributed by atoms with Crippen LogP contribution in [-0.4, -0.2) is 46.9 Å². The number of halogens is 1. The highest BCUT2D eigenvalue weighted by Gasteiger charge is 2.22. The Bertz CT molecular complexity index is 686. The third kappa shape index (κ3) is 4.35. The zero-order valence-corrected chi connectivity index (χ0v) is 15.7. The lowest BCUT2D eigenvalue weighted by Crippen LogP contribution is -2.48. The average molecular weight is 364 g/mol. The molecular formula is C18H22ClN3OS. The minimum atomic E-state index is 0.193. The Kier molecular flexibility index (Phi) is 5.54. The molecule has 1 fully saturated rings. The molecule has 0 aliphatic carbocycles. The molecule has 0 bridgehead atoms. The van der Waals surface area contributed by atoms with Gasteiger partial charge in [-0.2, -0.15) is 0 Å². The molecule has 2 heterocycles. The van der Waals surface area contributed by atoms with Crippen LogP contribution in [0.5, 0.6) is 0 Å². The number of hydrogen-bond acceptors (Lipinski definition) is 4. The smallest absolute Gasteiger partial charge is 0.227 e. The van der Waals surface area contributed by atoms with Gasteiger partial charge in [0.05, 0.1) is 18.7 Å². The van der Waals surface area contributed by atoms with Crippen LogP contribution in [0.1, 0.15) is 21.1 Å². The summed E-state index contributed by atoms with van der Waals surface area (Å²) in [5.74, 6) is 0.193. The van der Waals surface area contributed by atoms with Crippen molar-refractivity contribution in [2.45, 2.75) is 26.8 Å². The summed E-state index contributed by atoms with van der Waals surface area (Å²) in [5.41, 5.74) is 2.15. The van der Waals surface area contributed by atoms with Gasteiger partial charge in [-0.25, -0.2) is 4.98 Å². The number of rotatable bonds is 4. The zero-order chi connectivity index (χ0) is 17.1. The van der Waals surface area contributed by atoms with E-state index in [2.05, 4.69) is 23.7 Å². The molecule has 1 amide bonds. The van der Waals surface area contributed by atoms with Gasteiger partial charge in [-0.15, -0.1) is 11.3 Å². The SMILES string of the molecule is Cc1nc(CN2CCN(C(=O)Cc3ccc(Cl)cc3)CC2)sc1C. The number of benzene rings is 1. The zero-order valence-electron chi connectivity index (χ0n) is 14.1. The van der Waals surface area contributed by atoms with Crippen molar-refractivity contribution in [2.75, 3.05) is 26.2 Å². The minimum Gasteiger partial charge on any atom is -0.340 e. The Morgan fingerprint density at radius 2 is 1.83 bits per heavy atom. The van der Waals surface area contributed by atoms with E-state index in [1.54, 1.807) is 11.3 Å². The van der Waals surface area contributed by atoms with Crippen LogP contribution in [0.2, 0.25) is 5.02 Å². The summed E-state index contributed by atoms with van der Waals surface area (Å²) in [4.78, 5) is 22.7. The second-order valence-corrected chi connectivity index (χ2v) is 7.93. The molecule has 0 N–H and O–H groups in total. The fourth-order valence-electron chi connectivity index (χ4n) is 2.84. The predicted octanol–water partition coefficient (Wildman–Crippen LogP) is 3.30. The highest BCUT2D eigenvalue weighted by Crippen LogP contribution is 2.19. The first-order chi connectivity index (χ1) is 11.5. The monoisotopic (exact) mass is 363 g/mol. The van der Waals surface area contributed by atoms with Crippen LogP contribution < -0.4 is 0 Å². The van der Waals surface area contributed by atoms with E-state index in [9.17, 15) is 4.79 Å². The maximum atomic E-state index is 12.4. The van der Waals surface area contributed by atoms with E-state index < -0.39 is 0 Å². The first kappa shape index (κ1) is 17.4. The van der Waals surface area contributed by atoms with Crippen molar-refractivity contribution in [1.29, 1.82) is 0 Å². The second-order valence-electron chi connectivity index (χ2n) is 6.21. The number of thiazole rings is 1. The van der Waals surface area contributed by atoms with Gasteiger partial charge in [0, 0.05) is 36.1 Å². The van der Waals surface area contributed by atoms with E-state index in [1.807, 2.05) is 29.2 Å². The number of carbonyl (C=O) groups is 1. The van der Waals surface area contributed by atoms with Crippen LogP contribution in [0.25, 0.3) is 0 Å². The van der Waals surface area contributed by atoms with Crippen molar-refractivity contribution < 1.29 is 4.79 Å². The standard InChI is InChI=1S/C18H22ClN3OS/c1-13-14(2)24-17(20-13)12-21-7-9-22(10-8-21)18(23)11-15-3-5-16(19)6-4-15/h3-6H,7-12H2,1-2H3. The average Bonchev–Trinajstić information content (AvgIpc) is 2.88. The van der Waals surface area contributed by atoms with E-state index >= 15 is 0 Å². The summed E-state index contributed by atoms with van der Waals surface area (Å²) in [6.07, 6.45) is 0.446. The van der Waals surface area contributed by atoms with Crippen LogP contribution in [-0.2, 0) is 17.8 Å². The second kappa shape index (κ2) is 7.64. The van der Waals surface area contributed by atoms with Crippen molar-refractivity contribution in [2.24, 2.45) is 0 Å². The number of nitrogens with zero attached hydrogens (tertiary/aromatic N) is 3. The highest BCUT2D eigenvalue weighted by molar-refractivity contribution is 7.11. The maximum absolute atomic E-state index is 12.4. The number of carbonyl (C=O) groups excluding carboxylic acids is 1. The summed E-state index contributed by atoms with van der Waals surface area (Å²) in [7, 11) is 0. The Morgan fingerprint density at radius 3 is 2.42 bits per heavy atom. The molecule has 2 aromatic rings. The van der Waals surface area contributed by atoms with Gasteiger partial charge in [0.15, 0.2) is 0 Å². The lowest BCUT2D eigenvalue weighted by atomic mass is 10.1. The molecule has 1 aromatic carbocycles. The van der Waals surface area contributed by atoms with Gasteiger partial charge in [-0.05, 0) is 31.5 Å². The summed E-state index contributed by atoms with van der Waals surface area (Å²) < 4.78 is 0. The summed E-state index contributed by atoms with van der Waals surface area (Å²) in [6, 6.07) is 7.51. The van der Waals surface area contributed by atoms with Crippen LogP contribution in [0.3, 0.4) is 0 Å². The summed E-state index contributed by atoms with van der Waals surface area (Å²) >= 11 is 7.66. The molecule has 0 atom stereocenters. The van der Waals surface area contributed by atoms with Crippen molar-refractivity contribution in [3.8, 4) is 0 Å². The predicted molar refractivity (Wildman–Crippen MR) is 98.6 cm³/mol. The minimum absolute atomic E-state index is 0.193. The molecule has 1 aliphatic rings. The molecule has 1 saturated heterocycles. The molecular weight excluding hydrogens is 342 g/mol. The Morgan fingerprint density at radius 1 is 1.17 bits per heavy atom. The lowest BCUT2D eigenvalue weighted by molar-refractivity contribution is -0.132. The van der Waals surface area contributed by atoms with Gasteiger partial charge in [-0.3, -0.25) is 9.69 Å². The molecule has 0 unspecified atom stereocenters. The Hall–Kier alpha value is -1.43.